The van der Waals surface area contributed by atoms with E-state index in [2.05, 4.69) is 16.2 Å². The predicted molar refractivity (Wildman–Crippen MR) is 133 cm³/mol. The van der Waals surface area contributed by atoms with Gasteiger partial charge in [0.25, 0.3) is 5.91 Å². The van der Waals surface area contributed by atoms with Gasteiger partial charge in [-0.2, -0.15) is 0 Å². The largest absolute Gasteiger partial charge is 0.490 e. The van der Waals surface area contributed by atoms with Crippen LogP contribution in [0.15, 0.2) is 72.8 Å². The van der Waals surface area contributed by atoms with Crippen LogP contribution >= 0.6 is 0 Å². The van der Waals surface area contributed by atoms with Crippen molar-refractivity contribution < 1.29 is 23.9 Å². The quantitative estimate of drug-likeness (QED) is 0.304. The van der Waals surface area contributed by atoms with Crippen molar-refractivity contribution in [3.05, 3.63) is 89.5 Å². The Labute approximate surface area is 204 Å². The number of carbonyl (C=O) groups is 3. The van der Waals surface area contributed by atoms with Crippen molar-refractivity contribution in [2.45, 2.75) is 26.7 Å². The Hall–Kier alpha value is -4.33. The molecule has 35 heavy (non-hydrogen) atoms. The molecule has 0 saturated carbocycles. The molecule has 3 amide bonds. The molecule has 0 aliphatic heterocycles. The Morgan fingerprint density at radius 1 is 0.714 bits per heavy atom. The number of hydrogen-bond donors (Lipinski definition) is 3. The second-order valence-electron chi connectivity index (χ2n) is 7.91. The van der Waals surface area contributed by atoms with Crippen molar-refractivity contribution in [2.75, 3.05) is 18.5 Å². The highest BCUT2D eigenvalue weighted by molar-refractivity contribution is 5.97. The second kappa shape index (κ2) is 12.8. The molecule has 0 unspecified atom stereocenters. The average Bonchev–Trinajstić information content (AvgIpc) is 2.86. The summed E-state index contributed by atoms with van der Waals surface area (Å²) in [6.07, 6.45) is -0.0784. The summed E-state index contributed by atoms with van der Waals surface area (Å²) in [5.41, 5.74) is 7.76. The summed E-state index contributed by atoms with van der Waals surface area (Å²) < 4.78 is 11.2. The highest BCUT2D eigenvalue weighted by Crippen LogP contribution is 2.16. The van der Waals surface area contributed by atoms with E-state index in [-0.39, 0.29) is 18.7 Å². The van der Waals surface area contributed by atoms with Gasteiger partial charge < -0.3 is 14.8 Å². The first-order valence-corrected chi connectivity index (χ1v) is 11.3. The molecule has 0 aromatic heterocycles. The number of amides is 3. The number of hydrogen-bond acceptors (Lipinski definition) is 5. The van der Waals surface area contributed by atoms with Gasteiger partial charge in [-0.05, 0) is 55.8 Å². The Morgan fingerprint density at radius 2 is 1.40 bits per heavy atom. The fourth-order valence-electron chi connectivity index (χ4n) is 3.22. The number of hydrazine groups is 1. The van der Waals surface area contributed by atoms with Crippen LogP contribution in [-0.4, -0.2) is 30.9 Å². The maximum atomic E-state index is 12.4. The van der Waals surface area contributed by atoms with Crippen LogP contribution in [0.25, 0.3) is 0 Å². The summed E-state index contributed by atoms with van der Waals surface area (Å²) in [6.45, 7) is 4.54. The van der Waals surface area contributed by atoms with Crippen LogP contribution in [0.1, 0.15) is 34.3 Å². The van der Waals surface area contributed by atoms with Crippen molar-refractivity contribution in [3.63, 3.8) is 0 Å². The lowest BCUT2D eigenvalue weighted by Crippen LogP contribution is -2.41. The summed E-state index contributed by atoms with van der Waals surface area (Å²) in [4.78, 5) is 36.6. The standard InChI is InChI=1S/C27H29N3O5/c1-19-11-12-24(20(2)17-19)28-25(31)13-14-26(32)29-30-27(33)21-7-6-10-23(18-21)35-16-15-34-22-8-4-3-5-9-22/h3-12,17-18H,13-16H2,1-2H3,(H,28,31)(H,29,32)(H,30,33). The molecule has 3 aromatic carbocycles. The van der Waals surface area contributed by atoms with Crippen LogP contribution in [0.4, 0.5) is 5.69 Å². The predicted octanol–water partition coefficient (Wildman–Crippen LogP) is 3.94. The number of ether oxygens (including phenoxy) is 2. The van der Waals surface area contributed by atoms with Gasteiger partial charge in [0, 0.05) is 24.1 Å². The lowest BCUT2D eigenvalue weighted by Gasteiger charge is -2.11. The van der Waals surface area contributed by atoms with Gasteiger partial charge in [-0.25, -0.2) is 0 Å². The number of rotatable bonds is 10. The lowest BCUT2D eigenvalue weighted by molar-refractivity contribution is -0.124. The van der Waals surface area contributed by atoms with E-state index < -0.39 is 11.8 Å². The third kappa shape index (κ3) is 8.51. The molecule has 0 radical (unpaired) electrons. The van der Waals surface area contributed by atoms with Gasteiger partial charge >= 0.3 is 0 Å². The Morgan fingerprint density at radius 3 is 2.14 bits per heavy atom. The number of para-hydroxylation sites is 1. The lowest BCUT2D eigenvalue weighted by atomic mass is 10.1. The van der Waals surface area contributed by atoms with Gasteiger partial charge in [0.2, 0.25) is 11.8 Å². The topological polar surface area (TPSA) is 106 Å². The minimum atomic E-state index is -0.496. The van der Waals surface area contributed by atoms with Gasteiger partial charge in [-0.3, -0.25) is 25.2 Å². The first-order chi connectivity index (χ1) is 16.9. The molecule has 8 nitrogen and oxygen atoms in total. The molecule has 0 heterocycles. The van der Waals surface area contributed by atoms with E-state index in [1.807, 2.05) is 62.4 Å². The van der Waals surface area contributed by atoms with E-state index in [1.54, 1.807) is 24.3 Å². The maximum absolute atomic E-state index is 12.4. The fraction of sp³-hybridized carbons (Fsp3) is 0.222. The molecule has 0 bridgehead atoms. The zero-order valence-electron chi connectivity index (χ0n) is 19.8. The molecular formula is C27H29N3O5. The fourth-order valence-corrected chi connectivity index (χ4v) is 3.22. The van der Waals surface area contributed by atoms with Gasteiger partial charge in [-0.15, -0.1) is 0 Å². The van der Waals surface area contributed by atoms with Crippen molar-refractivity contribution >= 4 is 23.4 Å². The third-order valence-corrected chi connectivity index (χ3v) is 5.01. The highest BCUT2D eigenvalue weighted by Gasteiger charge is 2.11. The number of benzene rings is 3. The monoisotopic (exact) mass is 475 g/mol. The van der Waals surface area contributed by atoms with Crippen molar-refractivity contribution in [1.82, 2.24) is 10.9 Å². The second-order valence-corrected chi connectivity index (χ2v) is 7.91. The van der Waals surface area contributed by atoms with Crippen molar-refractivity contribution in [2.24, 2.45) is 0 Å². The molecule has 3 rings (SSSR count). The molecule has 0 atom stereocenters. The molecule has 0 saturated heterocycles. The zero-order valence-corrected chi connectivity index (χ0v) is 19.8. The maximum Gasteiger partial charge on any atom is 0.269 e. The third-order valence-electron chi connectivity index (χ3n) is 5.01. The Kier molecular flexibility index (Phi) is 9.24. The van der Waals surface area contributed by atoms with Crippen LogP contribution in [0.5, 0.6) is 11.5 Å². The molecular weight excluding hydrogens is 446 g/mol. The minimum absolute atomic E-state index is 0.0105. The Balaban J connectivity index is 1.37. The van der Waals surface area contributed by atoms with Crippen LogP contribution in [0, 0.1) is 13.8 Å². The van der Waals surface area contributed by atoms with E-state index in [4.69, 9.17) is 9.47 Å². The van der Waals surface area contributed by atoms with E-state index >= 15 is 0 Å². The first-order valence-electron chi connectivity index (χ1n) is 11.3. The van der Waals surface area contributed by atoms with Gasteiger partial charge in [0.05, 0.1) is 0 Å². The first kappa shape index (κ1) is 25.3. The molecule has 0 fully saturated rings. The van der Waals surface area contributed by atoms with Gasteiger partial charge in [0.15, 0.2) is 0 Å². The van der Waals surface area contributed by atoms with E-state index in [0.29, 0.717) is 30.2 Å². The van der Waals surface area contributed by atoms with Crippen LogP contribution in [0.2, 0.25) is 0 Å². The SMILES string of the molecule is Cc1ccc(NC(=O)CCC(=O)NNC(=O)c2cccc(OCCOc3ccccc3)c2)c(C)c1. The van der Waals surface area contributed by atoms with Crippen LogP contribution in [0.3, 0.4) is 0 Å². The highest BCUT2D eigenvalue weighted by atomic mass is 16.5. The van der Waals surface area contributed by atoms with Crippen molar-refractivity contribution in [1.29, 1.82) is 0 Å². The number of nitrogens with one attached hydrogen (secondary N) is 3. The van der Waals surface area contributed by atoms with E-state index in [9.17, 15) is 14.4 Å². The van der Waals surface area contributed by atoms with Crippen LogP contribution < -0.4 is 25.6 Å². The van der Waals surface area contributed by atoms with E-state index in [0.717, 1.165) is 16.9 Å². The van der Waals surface area contributed by atoms with E-state index in [1.165, 1.54) is 0 Å². The summed E-state index contributed by atoms with van der Waals surface area (Å²) in [6, 6.07) is 21.7. The minimum Gasteiger partial charge on any atom is -0.490 e. The summed E-state index contributed by atoms with van der Waals surface area (Å²) in [5.74, 6) is 0.00890. The van der Waals surface area contributed by atoms with Gasteiger partial charge in [-0.1, -0.05) is 42.0 Å². The average molecular weight is 476 g/mol. The number of anilines is 1. The normalized spacial score (nSPS) is 10.2. The molecule has 8 heteroatoms. The number of carbonyl (C=O) groups excluding carboxylic acids is 3. The summed E-state index contributed by atoms with van der Waals surface area (Å²) in [7, 11) is 0. The molecule has 0 aliphatic carbocycles. The summed E-state index contributed by atoms with van der Waals surface area (Å²) >= 11 is 0. The van der Waals surface area contributed by atoms with Crippen molar-refractivity contribution in [3.8, 4) is 11.5 Å². The molecule has 3 N–H and O–H groups in total. The zero-order chi connectivity index (χ0) is 25.0. The van der Waals surface area contributed by atoms with Crippen LogP contribution in [-0.2, 0) is 9.59 Å². The summed E-state index contributed by atoms with van der Waals surface area (Å²) in [5, 5.41) is 2.79. The smallest absolute Gasteiger partial charge is 0.269 e. The molecule has 0 aliphatic rings. The molecule has 0 spiro atoms. The molecule has 182 valence electrons. The molecule has 3 aromatic rings. The number of aryl methyl sites for hydroxylation is 2. The van der Waals surface area contributed by atoms with Gasteiger partial charge in [0.1, 0.15) is 24.7 Å². The Bertz CT molecular complexity index is 1160.